The van der Waals surface area contributed by atoms with Crippen molar-refractivity contribution >= 4 is 45.5 Å². The molecule has 5 heteroatoms. The summed E-state index contributed by atoms with van der Waals surface area (Å²) in [5.74, 6) is -0.00828. The van der Waals surface area contributed by atoms with Crippen molar-refractivity contribution in [1.29, 1.82) is 0 Å². The SMILES string of the molecule is CCc1ccccc1N=C1S/C(=C/c2cn(CC)c3ccccc23)C(=O)N1C. The van der Waals surface area contributed by atoms with Crippen molar-refractivity contribution in [2.24, 2.45) is 4.99 Å². The number of hydrogen-bond donors (Lipinski definition) is 0. The molecule has 1 aromatic heterocycles. The lowest BCUT2D eigenvalue weighted by Crippen LogP contribution is -2.23. The number of likely N-dealkylation sites (N-methyl/N-ethyl adjacent to an activating group) is 1. The minimum Gasteiger partial charge on any atom is -0.347 e. The molecule has 0 saturated carbocycles. The van der Waals surface area contributed by atoms with Crippen molar-refractivity contribution in [3.8, 4) is 0 Å². The third kappa shape index (κ3) is 3.27. The van der Waals surface area contributed by atoms with Crippen LogP contribution < -0.4 is 0 Å². The Labute approximate surface area is 169 Å². The van der Waals surface area contributed by atoms with E-state index in [2.05, 4.69) is 42.8 Å². The van der Waals surface area contributed by atoms with E-state index in [1.54, 1.807) is 11.9 Å². The lowest BCUT2D eigenvalue weighted by atomic mass is 10.1. The summed E-state index contributed by atoms with van der Waals surface area (Å²) in [6, 6.07) is 16.4. The number of fused-ring (bicyclic) bond motifs is 1. The molecule has 2 heterocycles. The highest BCUT2D eigenvalue weighted by molar-refractivity contribution is 8.18. The van der Waals surface area contributed by atoms with E-state index >= 15 is 0 Å². The van der Waals surface area contributed by atoms with Crippen molar-refractivity contribution in [2.45, 2.75) is 26.8 Å². The number of carbonyl (C=O) groups is 1. The van der Waals surface area contributed by atoms with Crippen LogP contribution in [0.2, 0.25) is 0 Å². The highest BCUT2D eigenvalue weighted by Crippen LogP contribution is 2.35. The van der Waals surface area contributed by atoms with E-state index in [-0.39, 0.29) is 5.91 Å². The fraction of sp³-hybridized carbons (Fsp3) is 0.217. The van der Waals surface area contributed by atoms with Crippen LogP contribution in [0.5, 0.6) is 0 Å². The maximum Gasteiger partial charge on any atom is 0.266 e. The molecular weight excluding hydrogens is 366 g/mol. The van der Waals surface area contributed by atoms with Gasteiger partial charge in [0.05, 0.1) is 10.6 Å². The molecule has 0 spiro atoms. The Morgan fingerprint density at radius 2 is 1.82 bits per heavy atom. The molecule has 0 atom stereocenters. The highest BCUT2D eigenvalue weighted by atomic mass is 32.2. The predicted octanol–water partition coefficient (Wildman–Crippen LogP) is 5.46. The van der Waals surface area contributed by atoms with Gasteiger partial charge in [0.2, 0.25) is 0 Å². The molecule has 4 rings (SSSR count). The van der Waals surface area contributed by atoms with Crippen LogP contribution in [-0.4, -0.2) is 27.6 Å². The van der Waals surface area contributed by atoms with Crippen molar-refractivity contribution in [3.63, 3.8) is 0 Å². The van der Waals surface area contributed by atoms with Gasteiger partial charge in [0.15, 0.2) is 5.17 Å². The molecule has 1 aliphatic heterocycles. The Kier molecular flexibility index (Phi) is 5.09. The summed E-state index contributed by atoms with van der Waals surface area (Å²) in [5.41, 5.74) is 4.36. The number of para-hydroxylation sites is 2. The van der Waals surface area contributed by atoms with Gasteiger partial charge in [0.25, 0.3) is 5.91 Å². The molecule has 1 saturated heterocycles. The first-order chi connectivity index (χ1) is 13.6. The van der Waals surface area contributed by atoms with Gasteiger partial charge in [-0.1, -0.05) is 43.3 Å². The standard InChI is InChI=1S/C23H23N3OS/c1-4-16-10-6-8-12-19(16)24-23-25(3)22(27)21(28-23)14-17-15-26(5-2)20-13-9-7-11-18(17)20/h6-15H,4-5H2,1-3H3/b21-14+,24-23?. The number of aromatic nitrogens is 1. The van der Waals surface area contributed by atoms with E-state index in [0.29, 0.717) is 4.91 Å². The molecule has 0 bridgehead atoms. The molecule has 1 fully saturated rings. The molecule has 4 nitrogen and oxygen atoms in total. The van der Waals surface area contributed by atoms with E-state index in [4.69, 9.17) is 4.99 Å². The lowest BCUT2D eigenvalue weighted by molar-refractivity contribution is -0.121. The zero-order valence-electron chi connectivity index (χ0n) is 16.3. The number of rotatable bonds is 4. The average molecular weight is 390 g/mol. The zero-order valence-corrected chi connectivity index (χ0v) is 17.2. The van der Waals surface area contributed by atoms with Crippen LogP contribution in [0.1, 0.15) is 25.0 Å². The monoisotopic (exact) mass is 389 g/mol. The van der Waals surface area contributed by atoms with Gasteiger partial charge in [-0.15, -0.1) is 0 Å². The Morgan fingerprint density at radius 3 is 2.61 bits per heavy atom. The number of nitrogens with zero attached hydrogens (tertiary/aromatic N) is 3. The van der Waals surface area contributed by atoms with Crippen LogP contribution in [0.15, 0.2) is 64.6 Å². The van der Waals surface area contributed by atoms with Crippen LogP contribution in [0.25, 0.3) is 17.0 Å². The Bertz CT molecular complexity index is 1110. The van der Waals surface area contributed by atoms with Crippen molar-refractivity contribution in [2.75, 3.05) is 7.05 Å². The average Bonchev–Trinajstić information content (AvgIpc) is 3.21. The molecule has 3 aromatic rings. The molecule has 2 aromatic carbocycles. The summed E-state index contributed by atoms with van der Waals surface area (Å²) in [6.45, 7) is 5.14. The Morgan fingerprint density at radius 1 is 1.07 bits per heavy atom. The smallest absolute Gasteiger partial charge is 0.266 e. The predicted molar refractivity (Wildman–Crippen MR) is 119 cm³/mol. The summed E-state index contributed by atoms with van der Waals surface area (Å²) < 4.78 is 2.21. The number of thioether (sulfide) groups is 1. The molecule has 28 heavy (non-hydrogen) atoms. The van der Waals surface area contributed by atoms with Crippen molar-refractivity contribution in [1.82, 2.24) is 9.47 Å². The highest BCUT2D eigenvalue weighted by Gasteiger charge is 2.30. The van der Waals surface area contributed by atoms with Gasteiger partial charge < -0.3 is 4.57 Å². The molecule has 0 N–H and O–H groups in total. The van der Waals surface area contributed by atoms with Crippen LogP contribution in [0.3, 0.4) is 0 Å². The Hall–Kier alpha value is -2.79. The first-order valence-corrected chi connectivity index (χ1v) is 10.4. The Balaban J connectivity index is 1.73. The maximum atomic E-state index is 12.8. The van der Waals surface area contributed by atoms with Gasteiger partial charge >= 0.3 is 0 Å². The van der Waals surface area contributed by atoms with E-state index in [1.807, 2.05) is 36.4 Å². The topological polar surface area (TPSA) is 37.6 Å². The van der Waals surface area contributed by atoms with Gasteiger partial charge in [-0.2, -0.15) is 0 Å². The second-order valence-corrected chi connectivity index (χ2v) is 7.75. The summed E-state index contributed by atoms with van der Waals surface area (Å²) in [4.78, 5) is 19.9. The molecule has 0 aliphatic carbocycles. The maximum absolute atomic E-state index is 12.8. The van der Waals surface area contributed by atoms with Crippen LogP contribution in [0, 0.1) is 0 Å². The fourth-order valence-electron chi connectivity index (χ4n) is 3.47. The number of carbonyl (C=O) groups excluding carboxylic acids is 1. The quantitative estimate of drug-likeness (QED) is 0.556. The van der Waals surface area contributed by atoms with E-state index in [9.17, 15) is 4.79 Å². The van der Waals surface area contributed by atoms with Gasteiger partial charge in [0, 0.05) is 36.3 Å². The summed E-state index contributed by atoms with van der Waals surface area (Å²) in [5, 5.41) is 1.88. The lowest BCUT2D eigenvalue weighted by Gasteiger charge is -2.08. The van der Waals surface area contributed by atoms with Crippen LogP contribution >= 0.6 is 11.8 Å². The molecule has 142 valence electrons. The van der Waals surface area contributed by atoms with E-state index in [1.165, 1.54) is 22.8 Å². The van der Waals surface area contributed by atoms with Gasteiger partial charge in [-0.3, -0.25) is 9.69 Å². The van der Waals surface area contributed by atoms with Crippen molar-refractivity contribution < 1.29 is 4.79 Å². The first kappa shape index (κ1) is 18.6. The van der Waals surface area contributed by atoms with Crippen LogP contribution in [-0.2, 0) is 17.8 Å². The summed E-state index contributed by atoms with van der Waals surface area (Å²) in [6.07, 6.45) is 5.02. The second kappa shape index (κ2) is 7.68. The normalized spacial score (nSPS) is 17.4. The largest absolute Gasteiger partial charge is 0.347 e. The zero-order chi connectivity index (χ0) is 19.7. The third-order valence-electron chi connectivity index (χ3n) is 5.04. The minimum atomic E-state index is -0.00828. The fourth-order valence-corrected chi connectivity index (χ4v) is 4.44. The number of aliphatic imine (C=N–C) groups is 1. The van der Waals surface area contributed by atoms with E-state index in [0.717, 1.165) is 34.8 Å². The van der Waals surface area contributed by atoms with Crippen LogP contribution in [0.4, 0.5) is 5.69 Å². The number of benzene rings is 2. The molecule has 0 unspecified atom stereocenters. The number of hydrogen-bond acceptors (Lipinski definition) is 3. The number of aryl methyl sites for hydroxylation is 2. The minimum absolute atomic E-state index is 0.00828. The molecule has 1 amide bonds. The summed E-state index contributed by atoms with van der Waals surface area (Å²) in [7, 11) is 1.79. The molecular formula is C23H23N3OS. The second-order valence-electron chi connectivity index (χ2n) is 6.74. The first-order valence-electron chi connectivity index (χ1n) is 9.54. The van der Waals surface area contributed by atoms with Gasteiger partial charge in [-0.25, -0.2) is 4.99 Å². The van der Waals surface area contributed by atoms with Gasteiger partial charge in [0.1, 0.15) is 0 Å². The van der Waals surface area contributed by atoms with E-state index < -0.39 is 0 Å². The summed E-state index contributed by atoms with van der Waals surface area (Å²) >= 11 is 1.44. The third-order valence-corrected chi connectivity index (χ3v) is 6.10. The molecule has 1 aliphatic rings. The number of amides is 1. The molecule has 0 radical (unpaired) electrons. The van der Waals surface area contributed by atoms with Crippen molar-refractivity contribution in [3.05, 3.63) is 70.8 Å². The number of amidine groups is 1. The van der Waals surface area contributed by atoms with Gasteiger partial charge in [-0.05, 0) is 48.9 Å².